The van der Waals surface area contributed by atoms with E-state index in [0.717, 1.165) is 0 Å². The van der Waals surface area contributed by atoms with Crippen molar-refractivity contribution in [2.24, 2.45) is 5.73 Å². The molecule has 0 aromatic heterocycles. The van der Waals surface area contributed by atoms with E-state index in [1.165, 1.54) is 6.07 Å². The molecule has 0 aliphatic carbocycles. The maximum Gasteiger partial charge on any atom is 0.236 e. The summed E-state index contributed by atoms with van der Waals surface area (Å²) in [4.78, 5) is 0.176. The summed E-state index contributed by atoms with van der Waals surface area (Å²) in [6, 6.07) is 13.6. The molecule has 0 radical (unpaired) electrons. The Labute approximate surface area is 134 Å². The number of sulfonamides is 1. The third kappa shape index (κ3) is 4.42. The van der Waals surface area contributed by atoms with Gasteiger partial charge in [0.25, 0.3) is 0 Å². The van der Waals surface area contributed by atoms with Crippen molar-refractivity contribution in [1.29, 1.82) is 0 Å². The lowest BCUT2D eigenvalue weighted by Gasteiger charge is -2.11. The summed E-state index contributed by atoms with van der Waals surface area (Å²) in [7, 11) is -3.57. The lowest BCUT2D eigenvalue weighted by Crippen LogP contribution is -2.16. The van der Waals surface area contributed by atoms with Gasteiger partial charge in [-0.2, -0.15) is 0 Å². The van der Waals surface area contributed by atoms with Crippen molar-refractivity contribution < 1.29 is 8.42 Å². The molecule has 0 unspecified atom stereocenters. The molecule has 3 N–H and O–H groups in total. The maximum absolute atomic E-state index is 12.2. The minimum Gasteiger partial charge on any atom is -0.389 e. The van der Waals surface area contributed by atoms with E-state index in [1.54, 1.807) is 36.4 Å². The van der Waals surface area contributed by atoms with Crippen LogP contribution in [0.2, 0.25) is 5.02 Å². The molecule has 110 valence electrons. The molecule has 0 aliphatic heterocycles. The summed E-state index contributed by atoms with van der Waals surface area (Å²) >= 11 is 10.9. The average molecular weight is 341 g/mol. The number of nitrogens with two attached hydrogens (primary N) is 1. The van der Waals surface area contributed by atoms with Gasteiger partial charge in [-0.3, -0.25) is 4.72 Å². The van der Waals surface area contributed by atoms with Gasteiger partial charge in [-0.25, -0.2) is 8.42 Å². The molecule has 2 aromatic carbocycles. The first-order valence-electron chi connectivity index (χ1n) is 6.01. The Balaban J connectivity index is 2.24. The first kappa shape index (κ1) is 15.8. The number of nitrogens with one attached hydrogen (secondary N) is 1. The quantitative estimate of drug-likeness (QED) is 0.821. The fourth-order valence-corrected chi connectivity index (χ4v) is 3.31. The second-order valence-electron chi connectivity index (χ2n) is 4.41. The van der Waals surface area contributed by atoms with Gasteiger partial charge >= 0.3 is 0 Å². The van der Waals surface area contributed by atoms with Crippen LogP contribution < -0.4 is 10.5 Å². The predicted octanol–water partition coefficient (Wildman–Crippen LogP) is 2.92. The Morgan fingerprint density at radius 1 is 1.19 bits per heavy atom. The van der Waals surface area contributed by atoms with E-state index in [9.17, 15) is 8.42 Å². The molecule has 0 aliphatic rings. The number of benzene rings is 2. The van der Waals surface area contributed by atoms with Gasteiger partial charge in [0.1, 0.15) is 4.99 Å². The molecule has 21 heavy (non-hydrogen) atoms. The Kier molecular flexibility index (Phi) is 4.82. The first-order valence-corrected chi connectivity index (χ1v) is 8.45. The van der Waals surface area contributed by atoms with Crippen LogP contribution in [0, 0.1) is 0 Å². The van der Waals surface area contributed by atoms with Crippen LogP contribution in [0.25, 0.3) is 0 Å². The van der Waals surface area contributed by atoms with E-state index in [-0.39, 0.29) is 21.5 Å². The lowest BCUT2D eigenvalue weighted by molar-refractivity contribution is 0.600. The third-order valence-electron chi connectivity index (χ3n) is 2.72. The molecule has 0 heterocycles. The minimum absolute atomic E-state index is 0.137. The Morgan fingerprint density at radius 3 is 2.48 bits per heavy atom. The highest BCUT2D eigenvalue weighted by atomic mass is 35.5. The van der Waals surface area contributed by atoms with Crippen molar-refractivity contribution in [2.75, 3.05) is 4.72 Å². The summed E-state index contributed by atoms with van der Waals surface area (Å²) in [6.45, 7) is 0. The zero-order valence-corrected chi connectivity index (χ0v) is 13.3. The molecular formula is C14H13ClN2O2S2. The highest BCUT2D eigenvalue weighted by Gasteiger charge is 2.14. The Bertz CT molecular complexity index is 762. The molecule has 0 fully saturated rings. The SMILES string of the molecule is NC(=S)c1ccc(Cl)c(NS(=O)(=O)Cc2ccccc2)c1. The monoisotopic (exact) mass is 340 g/mol. The van der Waals surface area contributed by atoms with Gasteiger partial charge in [0.05, 0.1) is 16.5 Å². The van der Waals surface area contributed by atoms with Crippen molar-refractivity contribution in [3.8, 4) is 0 Å². The summed E-state index contributed by atoms with van der Waals surface area (Å²) < 4.78 is 26.8. The molecule has 0 spiro atoms. The number of rotatable bonds is 5. The highest BCUT2D eigenvalue weighted by molar-refractivity contribution is 7.91. The summed E-state index contributed by atoms with van der Waals surface area (Å²) in [6.07, 6.45) is 0. The smallest absolute Gasteiger partial charge is 0.236 e. The summed E-state index contributed by atoms with van der Waals surface area (Å²) in [5.74, 6) is -0.137. The molecule has 0 atom stereocenters. The van der Waals surface area contributed by atoms with Gasteiger partial charge in [0.2, 0.25) is 10.0 Å². The zero-order chi connectivity index (χ0) is 15.5. The number of thiocarbonyl (C=S) groups is 1. The van der Waals surface area contributed by atoms with Crippen LogP contribution in [-0.4, -0.2) is 13.4 Å². The minimum atomic E-state index is -3.57. The second-order valence-corrected chi connectivity index (χ2v) is 6.97. The fourth-order valence-electron chi connectivity index (χ4n) is 1.75. The molecule has 0 bridgehead atoms. The number of hydrogen-bond donors (Lipinski definition) is 2. The van der Waals surface area contributed by atoms with Crippen LogP contribution in [0.15, 0.2) is 48.5 Å². The van der Waals surface area contributed by atoms with Gasteiger partial charge in [0, 0.05) is 5.56 Å². The molecule has 2 rings (SSSR count). The van der Waals surface area contributed by atoms with Gasteiger partial charge in [-0.05, 0) is 17.7 Å². The molecule has 4 nitrogen and oxygen atoms in total. The second kappa shape index (κ2) is 6.43. The number of anilines is 1. The third-order valence-corrected chi connectivity index (χ3v) is 4.53. The largest absolute Gasteiger partial charge is 0.389 e. The summed E-state index contributed by atoms with van der Waals surface area (Å²) in [5, 5.41) is 0.284. The van der Waals surface area contributed by atoms with E-state index < -0.39 is 10.0 Å². The number of hydrogen-bond acceptors (Lipinski definition) is 3. The van der Waals surface area contributed by atoms with Crippen LogP contribution in [0.1, 0.15) is 11.1 Å². The van der Waals surface area contributed by atoms with Gasteiger partial charge in [-0.15, -0.1) is 0 Å². The molecular weight excluding hydrogens is 328 g/mol. The van der Waals surface area contributed by atoms with E-state index in [4.69, 9.17) is 29.6 Å². The maximum atomic E-state index is 12.2. The molecule has 7 heteroatoms. The van der Waals surface area contributed by atoms with E-state index in [1.807, 2.05) is 6.07 Å². The predicted molar refractivity (Wildman–Crippen MR) is 90.0 cm³/mol. The first-order chi connectivity index (χ1) is 9.87. The molecule has 0 amide bonds. The Hall–Kier alpha value is -1.63. The zero-order valence-electron chi connectivity index (χ0n) is 10.9. The van der Waals surface area contributed by atoms with Crippen molar-refractivity contribution in [3.63, 3.8) is 0 Å². The van der Waals surface area contributed by atoms with E-state index in [2.05, 4.69) is 4.72 Å². The van der Waals surface area contributed by atoms with Crippen LogP contribution in [0.3, 0.4) is 0 Å². The van der Waals surface area contributed by atoms with Crippen molar-refractivity contribution in [2.45, 2.75) is 5.75 Å². The van der Waals surface area contributed by atoms with Gasteiger partial charge in [0.15, 0.2) is 0 Å². The topological polar surface area (TPSA) is 72.2 Å². The number of halogens is 1. The highest BCUT2D eigenvalue weighted by Crippen LogP contribution is 2.24. The molecule has 0 saturated heterocycles. The lowest BCUT2D eigenvalue weighted by atomic mass is 10.2. The van der Waals surface area contributed by atoms with Crippen molar-refractivity contribution >= 4 is 44.5 Å². The van der Waals surface area contributed by atoms with Gasteiger partial charge in [-0.1, -0.05) is 60.2 Å². The standard InChI is InChI=1S/C14H13ClN2O2S2/c15-12-7-6-11(14(16)20)8-13(12)17-21(18,19)9-10-4-2-1-3-5-10/h1-8,17H,9H2,(H2,16,20). The average Bonchev–Trinajstić information content (AvgIpc) is 2.41. The fraction of sp³-hybridized carbons (Fsp3) is 0.0714. The van der Waals surface area contributed by atoms with Crippen molar-refractivity contribution in [1.82, 2.24) is 0 Å². The van der Waals surface area contributed by atoms with Crippen LogP contribution in [-0.2, 0) is 15.8 Å². The van der Waals surface area contributed by atoms with Crippen molar-refractivity contribution in [3.05, 3.63) is 64.7 Å². The van der Waals surface area contributed by atoms with E-state index >= 15 is 0 Å². The van der Waals surface area contributed by atoms with Crippen LogP contribution in [0.4, 0.5) is 5.69 Å². The van der Waals surface area contributed by atoms with Crippen LogP contribution >= 0.6 is 23.8 Å². The summed E-state index contributed by atoms with van der Waals surface area (Å²) in [5.41, 5.74) is 7.03. The molecule has 2 aromatic rings. The normalized spacial score (nSPS) is 11.1. The van der Waals surface area contributed by atoms with E-state index in [0.29, 0.717) is 11.1 Å². The Morgan fingerprint density at radius 2 is 1.86 bits per heavy atom. The van der Waals surface area contributed by atoms with Gasteiger partial charge < -0.3 is 5.73 Å². The molecule has 0 saturated carbocycles. The van der Waals surface area contributed by atoms with Crippen LogP contribution in [0.5, 0.6) is 0 Å².